The van der Waals surface area contributed by atoms with Crippen molar-refractivity contribution in [2.75, 3.05) is 13.1 Å². The van der Waals surface area contributed by atoms with Gasteiger partial charge in [0.05, 0.1) is 25.4 Å². The van der Waals surface area contributed by atoms with E-state index >= 15 is 0 Å². The molecule has 260 valence electrons. The summed E-state index contributed by atoms with van der Waals surface area (Å²) in [5, 5.41) is 47.2. The van der Waals surface area contributed by atoms with Crippen molar-refractivity contribution in [2.45, 2.75) is 89.0 Å². The van der Waals surface area contributed by atoms with Gasteiger partial charge < -0.3 is 58.5 Å². The van der Waals surface area contributed by atoms with Gasteiger partial charge in [-0.2, -0.15) is 0 Å². The summed E-state index contributed by atoms with van der Waals surface area (Å²) in [4.78, 5) is 108. The monoisotopic (exact) mass is 661 g/mol. The third-order valence-corrected chi connectivity index (χ3v) is 6.28. The van der Waals surface area contributed by atoms with Gasteiger partial charge in [-0.15, -0.1) is 0 Å². The second-order valence-electron chi connectivity index (χ2n) is 10.5. The molecule has 0 aromatic heterocycles. The average Bonchev–Trinajstić information content (AvgIpc) is 2.94. The number of carboxylic acid groups (broad SMARTS) is 4. The third-order valence-electron chi connectivity index (χ3n) is 6.28. The van der Waals surface area contributed by atoms with Gasteiger partial charge in [-0.05, 0) is 31.7 Å². The van der Waals surface area contributed by atoms with E-state index in [2.05, 4.69) is 21.3 Å². The van der Waals surface area contributed by atoms with E-state index in [1.807, 2.05) is 5.32 Å². The molecule has 0 rings (SSSR count). The Morgan fingerprint density at radius 3 is 1.67 bits per heavy atom. The van der Waals surface area contributed by atoms with Crippen molar-refractivity contribution in [3.63, 3.8) is 0 Å². The van der Waals surface area contributed by atoms with Crippen molar-refractivity contribution in [1.29, 1.82) is 0 Å². The van der Waals surface area contributed by atoms with E-state index < -0.39 is 122 Å². The third kappa shape index (κ3) is 16.9. The van der Waals surface area contributed by atoms with Crippen LogP contribution in [0.4, 0.5) is 0 Å². The molecule has 5 amide bonds. The van der Waals surface area contributed by atoms with Crippen LogP contribution in [0.2, 0.25) is 0 Å². The fourth-order valence-corrected chi connectivity index (χ4v) is 3.80. The summed E-state index contributed by atoms with van der Waals surface area (Å²) in [5.41, 5.74) is 11.1. The van der Waals surface area contributed by atoms with Gasteiger partial charge in [-0.3, -0.25) is 38.4 Å². The minimum absolute atomic E-state index is 0.288. The summed E-state index contributed by atoms with van der Waals surface area (Å²) in [6.07, 6.45) is -1.71. The van der Waals surface area contributed by atoms with Crippen LogP contribution in [0, 0.1) is 5.92 Å². The van der Waals surface area contributed by atoms with Crippen molar-refractivity contribution < 1.29 is 63.6 Å². The number of nitrogens with one attached hydrogen (secondary N) is 5. The number of hydrogen-bond donors (Lipinski definition) is 11. The van der Waals surface area contributed by atoms with Gasteiger partial charge in [0.1, 0.15) is 24.2 Å². The fourth-order valence-electron chi connectivity index (χ4n) is 3.80. The van der Waals surface area contributed by atoms with Gasteiger partial charge in [-0.25, -0.2) is 4.79 Å². The molecule has 0 aliphatic heterocycles. The molecule has 5 atom stereocenters. The molecular weight excluding hydrogens is 618 g/mol. The largest absolute Gasteiger partial charge is 0.481 e. The highest BCUT2D eigenvalue weighted by Crippen LogP contribution is 2.07. The molecule has 46 heavy (non-hydrogen) atoms. The molecule has 0 heterocycles. The molecule has 0 unspecified atom stereocenters. The minimum atomic E-state index is -1.84. The summed E-state index contributed by atoms with van der Waals surface area (Å²) in [6.45, 7) is 2.62. The topological polar surface area (TPSA) is 347 Å². The molecular formula is C26H43N7O13. The summed E-state index contributed by atoms with van der Waals surface area (Å²) in [5.74, 6) is -11.9. The van der Waals surface area contributed by atoms with Crippen LogP contribution in [0.25, 0.3) is 0 Å². The maximum Gasteiger partial charge on any atom is 0.326 e. The summed E-state index contributed by atoms with van der Waals surface area (Å²) < 4.78 is 0. The van der Waals surface area contributed by atoms with Crippen LogP contribution in [0.5, 0.6) is 0 Å². The van der Waals surface area contributed by atoms with Crippen LogP contribution in [-0.4, -0.2) is 117 Å². The fraction of sp³-hybridized carbons (Fsp3) is 0.654. The number of rotatable bonds is 23. The van der Waals surface area contributed by atoms with E-state index in [0.717, 1.165) is 0 Å². The minimum Gasteiger partial charge on any atom is -0.481 e. The zero-order chi connectivity index (χ0) is 35.6. The van der Waals surface area contributed by atoms with E-state index in [1.165, 1.54) is 13.8 Å². The highest BCUT2D eigenvalue weighted by atomic mass is 16.4. The van der Waals surface area contributed by atoms with Crippen molar-refractivity contribution in [3.8, 4) is 0 Å². The van der Waals surface area contributed by atoms with Crippen LogP contribution in [0.15, 0.2) is 0 Å². The molecule has 0 fully saturated rings. The summed E-state index contributed by atoms with van der Waals surface area (Å²) >= 11 is 0. The smallest absolute Gasteiger partial charge is 0.326 e. The van der Waals surface area contributed by atoms with Gasteiger partial charge in [0.2, 0.25) is 29.5 Å². The van der Waals surface area contributed by atoms with Gasteiger partial charge in [0.25, 0.3) is 0 Å². The number of carbonyl (C=O) groups excluding carboxylic acids is 5. The van der Waals surface area contributed by atoms with Gasteiger partial charge >= 0.3 is 23.9 Å². The first kappa shape index (κ1) is 41.1. The van der Waals surface area contributed by atoms with Crippen molar-refractivity contribution in [2.24, 2.45) is 17.4 Å². The lowest BCUT2D eigenvalue weighted by Crippen LogP contribution is -2.59. The van der Waals surface area contributed by atoms with Crippen LogP contribution >= 0.6 is 0 Å². The van der Waals surface area contributed by atoms with Gasteiger partial charge in [-0.1, -0.05) is 20.3 Å². The lowest BCUT2D eigenvalue weighted by atomic mass is 10.0. The molecule has 0 saturated carbocycles. The van der Waals surface area contributed by atoms with E-state index in [1.54, 1.807) is 0 Å². The standard InChI is InChI=1S/C26H43N7O13/c1-12(2)21(25(44)32-16(26(45)46)10-20(39)40)33-23(42)14(6-7-18(35)36)31-24(43)15(9-19(37)38)30-17(34)11-29-22(41)13(28)5-3-4-8-27/h12-16,21H,3-11,27-28H2,1-2H3,(H,29,41)(H,30,34)(H,31,43)(H,32,44)(H,33,42)(H,35,36)(H,37,38)(H,39,40)(H,45,46)/t13-,14-,15-,16-,21-/m0/s1. The zero-order valence-corrected chi connectivity index (χ0v) is 25.4. The van der Waals surface area contributed by atoms with Crippen molar-refractivity contribution >= 4 is 53.4 Å². The Hall–Kier alpha value is -4.85. The molecule has 0 saturated heterocycles. The van der Waals surface area contributed by atoms with Crippen molar-refractivity contribution in [3.05, 3.63) is 0 Å². The van der Waals surface area contributed by atoms with E-state index in [9.17, 15) is 53.4 Å². The number of unbranched alkanes of at least 4 members (excludes halogenated alkanes) is 1. The van der Waals surface area contributed by atoms with E-state index in [-0.39, 0.29) is 6.42 Å². The molecule has 0 aliphatic carbocycles. The lowest BCUT2D eigenvalue weighted by molar-refractivity contribution is -0.147. The highest BCUT2D eigenvalue weighted by molar-refractivity contribution is 5.97. The number of aliphatic carboxylic acids is 4. The Bertz CT molecular complexity index is 1130. The van der Waals surface area contributed by atoms with Crippen LogP contribution in [0.3, 0.4) is 0 Å². The molecule has 20 heteroatoms. The molecule has 20 nitrogen and oxygen atoms in total. The van der Waals surface area contributed by atoms with Crippen LogP contribution < -0.4 is 38.1 Å². The molecule has 13 N–H and O–H groups in total. The van der Waals surface area contributed by atoms with E-state index in [4.69, 9.17) is 21.7 Å². The normalized spacial score (nSPS) is 14.0. The Labute approximate surface area is 263 Å². The molecule has 0 aromatic rings. The second kappa shape index (κ2) is 21.0. The Morgan fingerprint density at radius 1 is 0.630 bits per heavy atom. The lowest BCUT2D eigenvalue weighted by Gasteiger charge is -2.27. The predicted molar refractivity (Wildman–Crippen MR) is 155 cm³/mol. The van der Waals surface area contributed by atoms with Crippen molar-refractivity contribution in [1.82, 2.24) is 26.6 Å². The van der Waals surface area contributed by atoms with Crippen LogP contribution in [0.1, 0.15) is 58.8 Å². The molecule has 0 spiro atoms. The molecule has 0 radical (unpaired) electrons. The first-order valence-electron chi connectivity index (χ1n) is 14.2. The number of carboxylic acids is 4. The SMILES string of the molecule is CC(C)[C@H](NC(=O)[C@H](CCC(=O)O)NC(=O)[C@H](CC(=O)O)NC(=O)CNC(=O)[C@@H](N)CCCCN)C(=O)N[C@@H](CC(=O)O)C(=O)O. The highest BCUT2D eigenvalue weighted by Gasteiger charge is 2.34. The van der Waals surface area contributed by atoms with Crippen LogP contribution in [-0.2, 0) is 43.2 Å². The summed E-state index contributed by atoms with van der Waals surface area (Å²) in [6, 6.07) is -7.76. The quantitative estimate of drug-likeness (QED) is 0.0465. The number of nitrogens with two attached hydrogens (primary N) is 2. The molecule has 0 bridgehead atoms. The van der Waals surface area contributed by atoms with E-state index in [0.29, 0.717) is 19.4 Å². The van der Waals surface area contributed by atoms with Gasteiger partial charge in [0, 0.05) is 6.42 Å². The molecule has 0 aromatic carbocycles. The Balaban J connectivity index is 5.74. The maximum absolute atomic E-state index is 13.1. The van der Waals surface area contributed by atoms with Gasteiger partial charge in [0.15, 0.2) is 0 Å². The number of amides is 5. The molecule has 0 aliphatic rings. The Kier molecular flexibility index (Phi) is 18.8. The Morgan fingerprint density at radius 2 is 1.17 bits per heavy atom. The summed E-state index contributed by atoms with van der Waals surface area (Å²) in [7, 11) is 0. The average molecular weight is 662 g/mol. The number of carbonyl (C=O) groups is 9. The first-order chi connectivity index (χ1) is 21.4. The second-order valence-corrected chi connectivity index (χ2v) is 10.5. The zero-order valence-electron chi connectivity index (χ0n) is 25.4. The maximum atomic E-state index is 13.1. The predicted octanol–water partition coefficient (Wildman–Crippen LogP) is -3.95. The first-order valence-corrected chi connectivity index (χ1v) is 14.2. The number of hydrogen-bond acceptors (Lipinski definition) is 11.